The molecule has 9 nitrogen and oxygen atoms in total. The van der Waals surface area contributed by atoms with Crippen LogP contribution in [0.2, 0.25) is 0 Å². The zero-order valence-corrected chi connectivity index (χ0v) is 17.9. The van der Waals surface area contributed by atoms with Gasteiger partial charge in [-0.1, -0.05) is 12.1 Å². The normalized spacial score (nSPS) is 14.6. The van der Waals surface area contributed by atoms with Crippen molar-refractivity contribution in [3.8, 4) is 23.3 Å². The molecule has 0 bridgehead atoms. The quantitative estimate of drug-likeness (QED) is 0.445. The molecule has 1 N–H and O–H groups in total. The second kappa shape index (κ2) is 7.90. The van der Waals surface area contributed by atoms with Gasteiger partial charge in [-0.15, -0.1) is 0 Å². The molecule has 0 unspecified atom stereocenters. The number of imidazole rings is 2. The minimum absolute atomic E-state index is 0.0662. The van der Waals surface area contributed by atoms with Crippen LogP contribution in [0.4, 0.5) is 4.39 Å². The van der Waals surface area contributed by atoms with Crippen molar-refractivity contribution < 1.29 is 9.13 Å². The Morgan fingerprint density at radius 3 is 2.68 bits per heavy atom. The van der Waals surface area contributed by atoms with Gasteiger partial charge >= 0.3 is 5.69 Å². The summed E-state index contributed by atoms with van der Waals surface area (Å²) in [4.78, 5) is 29.8. The molecule has 0 spiro atoms. The molecular formula is C24H18FN7O2. The van der Waals surface area contributed by atoms with Crippen LogP contribution in [0, 0.1) is 17.1 Å². The Morgan fingerprint density at radius 1 is 1.12 bits per heavy atom. The van der Waals surface area contributed by atoms with Gasteiger partial charge in [0.05, 0.1) is 22.7 Å². The Bertz CT molecular complexity index is 1640. The number of benzene rings is 2. The largest absolute Gasteiger partial charge is 0.381 e. The molecule has 0 atom stereocenters. The monoisotopic (exact) mass is 455 g/mol. The minimum atomic E-state index is -0.400. The summed E-state index contributed by atoms with van der Waals surface area (Å²) in [6.45, 7) is 1.13. The minimum Gasteiger partial charge on any atom is -0.381 e. The molecule has 0 aliphatic carbocycles. The van der Waals surface area contributed by atoms with E-state index < -0.39 is 5.82 Å². The standard InChI is InChI=1S/C24H18FN7O2/c25-16-5-6-18-19(11-16)31(13-27-18)23-28-20(15-3-1-14(12-26)2-4-15)21-22(30-23)32(24(33)29-21)17-7-9-34-10-8-17/h1-6,11,13,17H,7-10H2,(H,29,33). The van der Waals surface area contributed by atoms with Crippen molar-refractivity contribution in [2.75, 3.05) is 13.2 Å². The van der Waals surface area contributed by atoms with Crippen LogP contribution < -0.4 is 5.69 Å². The number of aromatic amines is 1. The highest BCUT2D eigenvalue weighted by Gasteiger charge is 2.24. The lowest BCUT2D eigenvalue weighted by molar-refractivity contribution is 0.0697. The fourth-order valence-corrected chi connectivity index (χ4v) is 4.43. The molecule has 1 saturated heterocycles. The van der Waals surface area contributed by atoms with Gasteiger partial charge in [0.2, 0.25) is 5.95 Å². The maximum absolute atomic E-state index is 14.0. The van der Waals surface area contributed by atoms with E-state index in [0.29, 0.717) is 65.1 Å². The highest BCUT2D eigenvalue weighted by atomic mass is 19.1. The van der Waals surface area contributed by atoms with E-state index in [2.05, 4.69) is 16.0 Å². The molecule has 10 heteroatoms. The van der Waals surface area contributed by atoms with Gasteiger partial charge in [-0.25, -0.2) is 19.2 Å². The molecule has 0 saturated carbocycles. The zero-order valence-electron chi connectivity index (χ0n) is 17.9. The van der Waals surface area contributed by atoms with E-state index in [1.807, 2.05) is 0 Å². The molecule has 0 radical (unpaired) electrons. The van der Waals surface area contributed by atoms with Crippen LogP contribution in [-0.2, 0) is 4.74 Å². The Kier molecular flexibility index (Phi) is 4.71. The molecule has 34 heavy (non-hydrogen) atoms. The van der Waals surface area contributed by atoms with Gasteiger partial charge in [-0.3, -0.25) is 9.13 Å². The first-order chi connectivity index (χ1) is 16.6. The van der Waals surface area contributed by atoms with E-state index in [0.717, 1.165) is 0 Å². The van der Waals surface area contributed by atoms with Crippen molar-refractivity contribution in [2.45, 2.75) is 18.9 Å². The van der Waals surface area contributed by atoms with Gasteiger partial charge in [0.25, 0.3) is 0 Å². The maximum Gasteiger partial charge on any atom is 0.327 e. The third-order valence-electron chi connectivity index (χ3n) is 6.13. The summed E-state index contributed by atoms with van der Waals surface area (Å²) >= 11 is 0. The predicted molar refractivity (Wildman–Crippen MR) is 122 cm³/mol. The maximum atomic E-state index is 14.0. The number of nitrogens with zero attached hydrogens (tertiary/aromatic N) is 6. The van der Waals surface area contributed by atoms with E-state index in [9.17, 15) is 9.18 Å². The van der Waals surface area contributed by atoms with Crippen LogP contribution >= 0.6 is 0 Å². The van der Waals surface area contributed by atoms with E-state index >= 15 is 0 Å². The summed E-state index contributed by atoms with van der Waals surface area (Å²) in [6.07, 6.45) is 2.92. The van der Waals surface area contributed by atoms with E-state index in [4.69, 9.17) is 20.0 Å². The van der Waals surface area contributed by atoms with Crippen molar-refractivity contribution in [2.24, 2.45) is 0 Å². The fourth-order valence-electron chi connectivity index (χ4n) is 4.43. The van der Waals surface area contributed by atoms with Crippen molar-refractivity contribution >= 4 is 22.2 Å². The summed E-state index contributed by atoms with van der Waals surface area (Å²) in [5, 5.41) is 9.17. The van der Waals surface area contributed by atoms with E-state index in [1.165, 1.54) is 18.5 Å². The van der Waals surface area contributed by atoms with E-state index in [-0.39, 0.29) is 17.7 Å². The van der Waals surface area contributed by atoms with Crippen LogP contribution in [0.15, 0.2) is 53.6 Å². The average Bonchev–Trinajstić information content (AvgIpc) is 3.43. The zero-order chi connectivity index (χ0) is 23.2. The molecule has 1 aliphatic heterocycles. The first kappa shape index (κ1) is 20.3. The number of ether oxygens (including phenoxy) is 1. The number of hydrogen-bond donors (Lipinski definition) is 1. The summed E-state index contributed by atoms with van der Waals surface area (Å²) in [5.41, 5.74) is 3.53. The van der Waals surface area contributed by atoms with Crippen molar-refractivity contribution in [3.05, 3.63) is 70.7 Å². The van der Waals surface area contributed by atoms with Crippen LogP contribution in [0.1, 0.15) is 24.4 Å². The van der Waals surface area contributed by atoms with Gasteiger partial charge in [0, 0.05) is 30.9 Å². The van der Waals surface area contributed by atoms with Crippen LogP contribution in [0.3, 0.4) is 0 Å². The molecule has 1 fully saturated rings. The number of hydrogen-bond acceptors (Lipinski definition) is 6. The van der Waals surface area contributed by atoms with Crippen molar-refractivity contribution in [1.29, 1.82) is 5.26 Å². The van der Waals surface area contributed by atoms with Gasteiger partial charge in [-0.05, 0) is 37.1 Å². The first-order valence-electron chi connectivity index (χ1n) is 10.9. The lowest BCUT2D eigenvalue weighted by Gasteiger charge is -2.23. The molecule has 1 aliphatic rings. The Morgan fingerprint density at radius 2 is 1.91 bits per heavy atom. The van der Waals surface area contributed by atoms with Crippen molar-refractivity contribution in [3.63, 3.8) is 0 Å². The molecule has 168 valence electrons. The Balaban J connectivity index is 1.64. The fraction of sp³-hybridized carbons (Fsp3) is 0.208. The predicted octanol–water partition coefficient (Wildman–Crippen LogP) is 3.49. The van der Waals surface area contributed by atoms with Crippen LogP contribution in [0.5, 0.6) is 0 Å². The third kappa shape index (κ3) is 3.25. The van der Waals surface area contributed by atoms with Gasteiger partial charge < -0.3 is 9.72 Å². The molecule has 5 aromatic rings. The molecule has 6 rings (SSSR count). The second-order valence-corrected chi connectivity index (χ2v) is 8.15. The molecule has 0 amide bonds. The van der Waals surface area contributed by atoms with Crippen molar-refractivity contribution in [1.82, 2.24) is 29.1 Å². The highest BCUT2D eigenvalue weighted by molar-refractivity contribution is 5.88. The first-order valence-corrected chi connectivity index (χ1v) is 10.9. The SMILES string of the molecule is N#Cc1ccc(-c2nc(-n3cnc4ccc(F)cc43)nc3c2[nH]c(=O)n3C2CCOCC2)cc1. The highest BCUT2D eigenvalue weighted by Crippen LogP contribution is 2.30. The number of H-pyrrole nitrogens is 1. The summed E-state index contributed by atoms with van der Waals surface area (Å²) in [5.74, 6) is -0.136. The topological polar surface area (TPSA) is 114 Å². The molecular weight excluding hydrogens is 437 g/mol. The van der Waals surface area contributed by atoms with Crippen LogP contribution in [0.25, 0.3) is 39.4 Å². The van der Waals surface area contributed by atoms with Crippen LogP contribution in [-0.4, -0.2) is 42.3 Å². The lowest BCUT2D eigenvalue weighted by atomic mass is 10.1. The van der Waals surface area contributed by atoms with Gasteiger partial charge in [0.1, 0.15) is 23.4 Å². The number of rotatable bonds is 3. The summed E-state index contributed by atoms with van der Waals surface area (Å²) < 4.78 is 22.8. The Labute approximate surface area is 192 Å². The van der Waals surface area contributed by atoms with E-state index in [1.54, 1.807) is 39.5 Å². The summed E-state index contributed by atoms with van der Waals surface area (Å²) in [6, 6.07) is 13.3. The molecule has 4 heterocycles. The molecule has 3 aromatic heterocycles. The van der Waals surface area contributed by atoms with Gasteiger partial charge in [0.15, 0.2) is 5.65 Å². The number of fused-ring (bicyclic) bond motifs is 2. The Hall–Kier alpha value is -4.36. The lowest BCUT2D eigenvalue weighted by Crippen LogP contribution is -2.27. The number of nitrogens with one attached hydrogen (secondary N) is 1. The third-order valence-corrected chi connectivity index (χ3v) is 6.13. The second-order valence-electron chi connectivity index (χ2n) is 8.15. The smallest absolute Gasteiger partial charge is 0.327 e. The number of nitriles is 1. The number of aromatic nitrogens is 6. The average molecular weight is 455 g/mol. The van der Waals surface area contributed by atoms with Gasteiger partial charge in [-0.2, -0.15) is 10.2 Å². The molecule has 2 aromatic carbocycles. The number of halogens is 1. The summed E-state index contributed by atoms with van der Waals surface area (Å²) in [7, 11) is 0.